The van der Waals surface area contributed by atoms with Gasteiger partial charge in [-0.1, -0.05) is 29.8 Å². The van der Waals surface area contributed by atoms with Crippen molar-refractivity contribution in [3.63, 3.8) is 0 Å². The fourth-order valence-electron chi connectivity index (χ4n) is 4.12. The molecule has 0 spiro atoms. The minimum atomic E-state index is -1.56. The maximum atomic E-state index is 12.4. The Labute approximate surface area is 194 Å². The Morgan fingerprint density at radius 2 is 2.03 bits per heavy atom. The largest absolute Gasteiger partial charge is 0.483 e. The average Bonchev–Trinajstić information content (AvgIpc) is 2.77. The number of rotatable bonds is 2. The van der Waals surface area contributed by atoms with Crippen molar-refractivity contribution in [2.24, 2.45) is 0 Å². The van der Waals surface area contributed by atoms with Crippen LogP contribution in [0.25, 0.3) is 5.57 Å². The summed E-state index contributed by atoms with van der Waals surface area (Å²) in [6.45, 7) is 6.68. The molecular formula is C25H27ClN2O4. The lowest BCUT2D eigenvalue weighted by molar-refractivity contribution is 0.0204. The van der Waals surface area contributed by atoms with Crippen LogP contribution in [0, 0.1) is 0 Å². The van der Waals surface area contributed by atoms with Gasteiger partial charge in [-0.15, -0.1) is 0 Å². The monoisotopic (exact) mass is 455 g/mol. The molecule has 0 bridgehead atoms. The summed E-state index contributed by atoms with van der Waals surface area (Å²) in [6, 6.07) is 8.98. The van der Waals surface area contributed by atoms with Crippen LogP contribution >= 0.6 is 11.6 Å². The number of hydrogen-bond acceptors (Lipinski definition) is 5. The molecule has 2 aliphatic heterocycles. The molecule has 168 valence electrons. The van der Waals surface area contributed by atoms with Crippen LogP contribution in [0.1, 0.15) is 70.2 Å². The van der Waals surface area contributed by atoms with Crippen LogP contribution in [0.4, 0.5) is 4.79 Å². The molecule has 0 saturated carbocycles. The Bertz CT molecular complexity index is 1100. The van der Waals surface area contributed by atoms with E-state index in [1.807, 2.05) is 44.9 Å². The number of amides is 1. The standard InChI is InChI=1S/C25H27ClN2O4/c1-25(2,3)32-24(30)28-11-9-16(10-12-28)19-5-4-6-20-17(15-29)13-22(31-23(19)20)21-8-7-18(26)14-27-21/h4-8,14,16,22H,9-13H2,1-3H3/i22D. The molecule has 0 radical (unpaired) electrons. The second-order valence-corrected chi connectivity index (χ2v) is 9.55. The van der Waals surface area contributed by atoms with Gasteiger partial charge in [-0.25, -0.2) is 9.59 Å². The normalized spacial score (nSPS) is 21.8. The average molecular weight is 456 g/mol. The first kappa shape index (κ1) is 21.0. The van der Waals surface area contributed by atoms with Gasteiger partial charge in [-0.05, 0) is 57.2 Å². The first-order chi connectivity index (χ1) is 15.6. The highest BCUT2D eigenvalue weighted by Gasteiger charge is 2.33. The SMILES string of the molecule is [2H]C1(c2ccc(Cl)cn2)CC(=C=O)c2cccc(C3CCN(C(=O)OC(C)(C)C)CC3)c2O1. The van der Waals surface area contributed by atoms with Gasteiger partial charge in [0.15, 0.2) is 0 Å². The van der Waals surface area contributed by atoms with Gasteiger partial charge in [0.25, 0.3) is 0 Å². The molecular weight excluding hydrogens is 428 g/mol. The molecule has 2 aromatic rings. The summed E-state index contributed by atoms with van der Waals surface area (Å²) in [4.78, 5) is 30.2. The molecule has 1 atom stereocenters. The summed E-state index contributed by atoms with van der Waals surface area (Å²) in [5.41, 5.74) is 1.81. The van der Waals surface area contributed by atoms with Crippen LogP contribution in [0.15, 0.2) is 36.5 Å². The Morgan fingerprint density at radius 3 is 2.66 bits per heavy atom. The van der Waals surface area contributed by atoms with E-state index in [0.717, 1.165) is 18.4 Å². The first-order valence-electron chi connectivity index (χ1n) is 11.3. The van der Waals surface area contributed by atoms with Crippen LogP contribution in [0.2, 0.25) is 5.02 Å². The number of carbonyl (C=O) groups excluding carboxylic acids is 2. The highest BCUT2D eigenvalue weighted by molar-refractivity contribution is 6.30. The Hall–Kier alpha value is -2.82. The van der Waals surface area contributed by atoms with Crippen molar-refractivity contribution in [1.29, 1.82) is 0 Å². The fourth-order valence-corrected chi connectivity index (χ4v) is 4.23. The third-order valence-electron chi connectivity index (χ3n) is 5.66. The summed E-state index contributed by atoms with van der Waals surface area (Å²) >= 11 is 5.96. The summed E-state index contributed by atoms with van der Waals surface area (Å²) < 4.78 is 20.7. The van der Waals surface area contributed by atoms with Crippen molar-refractivity contribution in [2.45, 2.75) is 57.6 Å². The molecule has 1 aromatic carbocycles. The van der Waals surface area contributed by atoms with E-state index in [1.165, 1.54) is 6.20 Å². The smallest absolute Gasteiger partial charge is 0.410 e. The van der Waals surface area contributed by atoms with Crippen molar-refractivity contribution in [3.05, 3.63) is 58.4 Å². The van der Waals surface area contributed by atoms with Gasteiger partial charge < -0.3 is 14.4 Å². The van der Waals surface area contributed by atoms with Gasteiger partial charge in [0.2, 0.25) is 0 Å². The number of hydrogen-bond donors (Lipinski definition) is 0. The molecule has 2 aliphatic rings. The van der Waals surface area contributed by atoms with Crippen molar-refractivity contribution in [3.8, 4) is 5.75 Å². The molecule has 1 unspecified atom stereocenters. The van der Waals surface area contributed by atoms with E-state index in [1.54, 1.807) is 17.0 Å². The van der Waals surface area contributed by atoms with E-state index in [4.69, 9.17) is 22.4 Å². The second-order valence-electron chi connectivity index (χ2n) is 9.11. The molecule has 6 nitrogen and oxygen atoms in total. The minimum absolute atomic E-state index is 0.0404. The fraction of sp³-hybridized carbons (Fsp3) is 0.440. The van der Waals surface area contributed by atoms with Crippen LogP contribution < -0.4 is 4.74 Å². The zero-order valence-corrected chi connectivity index (χ0v) is 19.2. The number of nitrogens with zero attached hydrogens (tertiary/aromatic N) is 2. The first-order valence-corrected chi connectivity index (χ1v) is 11.1. The van der Waals surface area contributed by atoms with E-state index < -0.39 is 11.7 Å². The number of piperidine rings is 1. The third kappa shape index (κ3) is 4.82. The van der Waals surface area contributed by atoms with Crippen molar-refractivity contribution in [2.75, 3.05) is 13.1 Å². The van der Waals surface area contributed by atoms with Gasteiger partial charge in [-0.3, -0.25) is 4.98 Å². The number of likely N-dealkylation sites (tertiary alicyclic amines) is 1. The summed E-state index contributed by atoms with van der Waals surface area (Å²) in [5.74, 6) is 2.65. The summed E-state index contributed by atoms with van der Waals surface area (Å²) in [6.07, 6.45) is 1.09. The second kappa shape index (κ2) is 8.97. The maximum absolute atomic E-state index is 12.4. The number of halogens is 1. The van der Waals surface area contributed by atoms with Crippen molar-refractivity contribution < 1.29 is 20.4 Å². The number of carbonyl (C=O) groups is 1. The Morgan fingerprint density at radius 1 is 1.28 bits per heavy atom. The van der Waals surface area contributed by atoms with E-state index in [2.05, 4.69) is 4.98 Å². The number of aromatic nitrogens is 1. The van der Waals surface area contributed by atoms with E-state index in [9.17, 15) is 9.59 Å². The zero-order valence-electron chi connectivity index (χ0n) is 19.5. The van der Waals surface area contributed by atoms with Gasteiger partial charge in [0.1, 0.15) is 23.4 Å². The lowest BCUT2D eigenvalue weighted by Crippen LogP contribution is -2.41. The molecule has 1 saturated heterocycles. The Balaban J connectivity index is 1.60. The van der Waals surface area contributed by atoms with Crippen LogP contribution in [-0.2, 0) is 9.53 Å². The van der Waals surface area contributed by atoms with Gasteiger partial charge in [0.05, 0.1) is 17.7 Å². The van der Waals surface area contributed by atoms with Crippen molar-refractivity contribution in [1.82, 2.24) is 9.88 Å². The highest BCUT2D eigenvalue weighted by Crippen LogP contribution is 2.45. The predicted molar refractivity (Wildman–Crippen MR) is 123 cm³/mol. The number of fused-ring (bicyclic) bond motifs is 1. The van der Waals surface area contributed by atoms with Crippen molar-refractivity contribution >= 4 is 29.2 Å². The topological polar surface area (TPSA) is 68.7 Å². The maximum Gasteiger partial charge on any atom is 0.410 e. The lowest BCUT2D eigenvalue weighted by Gasteiger charge is -2.35. The molecule has 32 heavy (non-hydrogen) atoms. The quantitative estimate of drug-likeness (QED) is 0.552. The van der Waals surface area contributed by atoms with Gasteiger partial charge in [-0.2, -0.15) is 0 Å². The zero-order chi connectivity index (χ0) is 23.8. The minimum Gasteiger partial charge on any atom is -0.483 e. The predicted octanol–water partition coefficient (Wildman–Crippen LogP) is 5.59. The summed E-state index contributed by atoms with van der Waals surface area (Å²) in [5, 5.41) is 0.460. The molecule has 0 aliphatic carbocycles. The number of benzene rings is 1. The number of ether oxygens (including phenoxy) is 2. The summed E-state index contributed by atoms with van der Waals surface area (Å²) in [7, 11) is 0. The molecule has 1 fully saturated rings. The molecule has 3 heterocycles. The molecule has 0 N–H and O–H groups in total. The number of para-hydroxylation sites is 1. The van der Waals surface area contributed by atoms with E-state index >= 15 is 0 Å². The highest BCUT2D eigenvalue weighted by atomic mass is 35.5. The van der Waals surface area contributed by atoms with Crippen LogP contribution in [-0.4, -0.2) is 40.6 Å². The molecule has 1 aromatic heterocycles. The van der Waals surface area contributed by atoms with E-state index in [-0.39, 0.29) is 18.4 Å². The molecule has 1 amide bonds. The molecule has 4 rings (SSSR count). The lowest BCUT2D eigenvalue weighted by atomic mass is 9.85. The Kier molecular flexibility index (Phi) is 5.90. The number of pyridine rings is 1. The molecule has 7 heteroatoms. The van der Waals surface area contributed by atoms with E-state index in [0.29, 0.717) is 40.7 Å². The third-order valence-corrected chi connectivity index (χ3v) is 5.88. The van der Waals surface area contributed by atoms with Crippen LogP contribution in [0.3, 0.4) is 0 Å². The van der Waals surface area contributed by atoms with Gasteiger partial charge in [0, 0.05) is 31.3 Å². The van der Waals surface area contributed by atoms with Crippen LogP contribution in [0.5, 0.6) is 5.75 Å². The van der Waals surface area contributed by atoms with Gasteiger partial charge >= 0.3 is 6.09 Å².